The van der Waals surface area contributed by atoms with Gasteiger partial charge in [0.2, 0.25) is 0 Å². The van der Waals surface area contributed by atoms with E-state index in [2.05, 4.69) is 108 Å². The van der Waals surface area contributed by atoms with Crippen molar-refractivity contribution in [3.63, 3.8) is 0 Å². The second kappa shape index (κ2) is 6.35. The standard InChI is InChI=1S/C28H19N/c1-2-6-19(7-3-1)20-14-16-24(17-15-20)29-26-18-23-10-4-8-21-12-13-22-9-5-11-25(26)28(22)27(21)23/h1-18,29H. The number of nitrogens with one attached hydrogen (secondary N) is 1. The van der Waals surface area contributed by atoms with Crippen molar-refractivity contribution < 1.29 is 0 Å². The zero-order chi connectivity index (χ0) is 19.2. The summed E-state index contributed by atoms with van der Waals surface area (Å²) in [4.78, 5) is 0. The first-order chi connectivity index (χ1) is 14.4. The van der Waals surface area contributed by atoms with E-state index in [1.807, 2.05) is 6.07 Å². The van der Waals surface area contributed by atoms with Gasteiger partial charge in [-0.15, -0.1) is 0 Å². The molecule has 0 amide bonds. The molecule has 29 heavy (non-hydrogen) atoms. The molecule has 0 radical (unpaired) electrons. The predicted molar refractivity (Wildman–Crippen MR) is 125 cm³/mol. The molecule has 0 saturated heterocycles. The monoisotopic (exact) mass is 369 g/mol. The molecule has 0 bridgehead atoms. The largest absolute Gasteiger partial charge is 0.355 e. The van der Waals surface area contributed by atoms with Crippen LogP contribution in [0.2, 0.25) is 0 Å². The number of anilines is 2. The summed E-state index contributed by atoms with van der Waals surface area (Å²) in [6, 6.07) is 39.0. The first-order valence-electron chi connectivity index (χ1n) is 9.96. The Labute approximate surface area is 169 Å². The van der Waals surface area contributed by atoms with Crippen molar-refractivity contribution in [2.45, 2.75) is 0 Å². The van der Waals surface area contributed by atoms with Crippen LogP contribution in [0.4, 0.5) is 11.4 Å². The van der Waals surface area contributed by atoms with E-state index in [1.165, 1.54) is 43.4 Å². The Kier molecular flexibility index (Phi) is 3.54. The van der Waals surface area contributed by atoms with Gasteiger partial charge in [-0.25, -0.2) is 0 Å². The lowest BCUT2D eigenvalue weighted by Crippen LogP contribution is -1.93. The van der Waals surface area contributed by atoms with Gasteiger partial charge in [0.1, 0.15) is 0 Å². The highest BCUT2D eigenvalue weighted by Crippen LogP contribution is 2.39. The van der Waals surface area contributed by atoms with E-state index < -0.39 is 0 Å². The highest BCUT2D eigenvalue weighted by molar-refractivity contribution is 6.26. The summed E-state index contributed by atoms with van der Waals surface area (Å²) in [7, 11) is 0. The fourth-order valence-corrected chi connectivity index (χ4v) is 4.40. The van der Waals surface area contributed by atoms with Crippen LogP contribution >= 0.6 is 0 Å². The first-order valence-corrected chi connectivity index (χ1v) is 9.96. The molecule has 0 aromatic heterocycles. The van der Waals surface area contributed by atoms with Crippen LogP contribution in [0.25, 0.3) is 43.4 Å². The summed E-state index contributed by atoms with van der Waals surface area (Å²) >= 11 is 0. The Balaban J connectivity index is 1.48. The van der Waals surface area contributed by atoms with Gasteiger partial charge in [-0.05, 0) is 56.3 Å². The number of benzene rings is 6. The molecule has 136 valence electrons. The average molecular weight is 369 g/mol. The molecule has 0 unspecified atom stereocenters. The highest BCUT2D eigenvalue weighted by atomic mass is 14.9. The van der Waals surface area contributed by atoms with Crippen molar-refractivity contribution >= 4 is 43.7 Å². The van der Waals surface area contributed by atoms with Gasteiger partial charge in [-0.1, -0.05) is 91.0 Å². The number of hydrogen-bond acceptors (Lipinski definition) is 1. The third kappa shape index (κ3) is 2.63. The Morgan fingerprint density at radius 1 is 0.448 bits per heavy atom. The fourth-order valence-electron chi connectivity index (χ4n) is 4.40. The fraction of sp³-hybridized carbons (Fsp3) is 0. The molecular formula is C28H19N. The smallest absolute Gasteiger partial charge is 0.0470 e. The average Bonchev–Trinajstić information content (AvgIpc) is 2.79. The van der Waals surface area contributed by atoms with Crippen molar-refractivity contribution in [2.24, 2.45) is 0 Å². The molecule has 6 rings (SSSR count). The summed E-state index contributed by atoms with van der Waals surface area (Å²) in [6.45, 7) is 0. The first kappa shape index (κ1) is 16.1. The molecule has 0 fully saturated rings. The van der Waals surface area contributed by atoms with Crippen LogP contribution in [0.15, 0.2) is 109 Å². The van der Waals surface area contributed by atoms with Gasteiger partial charge in [0.15, 0.2) is 0 Å². The van der Waals surface area contributed by atoms with E-state index in [0.29, 0.717) is 0 Å². The molecule has 1 nitrogen and oxygen atoms in total. The van der Waals surface area contributed by atoms with Crippen molar-refractivity contribution in [1.29, 1.82) is 0 Å². The third-order valence-electron chi connectivity index (χ3n) is 5.78. The lowest BCUT2D eigenvalue weighted by atomic mass is 9.93. The molecule has 6 aromatic rings. The zero-order valence-electron chi connectivity index (χ0n) is 15.9. The van der Waals surface area contributed by atoms with Gasteiger partial charge in [-0.3, -0.25) is 0 Å². The van der Waals surface area contributed by atoms with Crippen LogP contribution in [-0.2, 0) is 0 Å². The minimum absolute atomic E-state index is 1.10. The van der Waals surface area contributed by atoms with Crippen LogP contribution < -0.4 is 5.32 Å². The van der Waals surface area contributed by atoms with E-state index in [-0.39, 0.29) is 0 Å². The second-order valence-corrected chi connectivity index (χ2v) is 7.54. The normalized spacial score (nSPS) is 11.4. The van der Waals surface area contributed by atoms with Crippen molar-refractivity contribution in [2.75, 3.05) is 5.32 Å². The molecule has 1 N–H and O–H groups in total. The molecule has 1 heteroatoms. The summed E-state index contributed by atoms with van der Waals surface area (Å²) in [5, 5.41) is 11.5. The summed E-state index contributed by atoms with van der Waals surface area (Å²) in [5.41, 5.74) is 4.71. The minimum atomic E-state index is 1.10. The molecule has 0 saturated carbocycles. The van der Waals surface area contributed by atoms with E-state index in [1.54, 1.807) is 0 Å². The van der Waals surface area contributed by atoms with Crippen LogP contribution in [-0.4, -0.2) is 0 Å². The van der Waals surface area contributed by atoms with Gasteiger partial charge in [0.25, 0.3) is 0 Å². The van der Waals surface area contributed by atoms with Gasteiger partial charge >= 0.3 is 0 Å². The van der Waals surface area contributed by atoms with Crippen LogP contribution in [0.1, 0.15) is 0 Å². The van der Waals surface area contributed by atoms with Crippen LogP contribution in [0.5, 0.6) is 0 Å². The number of rotatable bonds is 3. The molecule has 0 atom stereocenters. The Bertz CT molecular complexity index is 1450. The molecule has 6 aromatic carbocycles. The maximum Gasteiger partial charge on any atom is 0.0470 e. The highest BCUT2D eigenvalue weighted by Gasteiger charge is 2.11. The van der Waals surface area contributed by atoms with E-state index in [9.17, 15) is 0 Å². The molecule has 0 heterocycles. The second-order valence-electron chi connectivity index (χ2n) is 7.54. The topological polar surface area (TPSA) is 12.0 Å². The van der Waals surface area contributed by atoms with E-state index in [0.717, 1.165) is 11.4 Å². The van der Waals surface area contributed by atoms with Gasteiger partial charge in [0.05, 0.1) is 0 Å². The lowest BCUT2D eigenvalue weighted by Gasteiger charge is -2.16. The molecule has 0 spiro atoms. The summed E-state index contributed by atoms with van der Waals surface area (Å²) < 4.78 is 0. The number of hydrogen-bond donors (Lipinski definition) is 1. The zero-order valence-corrected chi connectivity index (χ0v) is 15.9. The van der Waals surface area contributed by atoms with Crippen molar-refractivity contribution in [1.82, 2.24) is 0 Å². The van der Waals surface area contributed by atoms with E-state index >= 15 is 0 Å². The van der Waals surface area contributed by atoms with Crippen molar-refractivity contribution in [3.8, 4) is 11.1 Å². The lowest BCUT2D eigenvalue weighted by molar-refractivity contribution is 1.57. The minimum Gasteiger partial charge on any atom is -0.355 e. The van der Waals surface area contributed by atoms with Gasteiger partial charge in [-0.2, -0.15) is 0 Å². The molecular weight excluding hydrogens is 350 g/mol. The summed E-state index contributed by atoms with van der Waals surface area (Å²) in [6.07, 6.45) is 0. The maximum atomic E-state index is 3.66. The maximum absolute atomic E-state index is 3.66. The van der Waals surface area contributed by atoms with Gasteiger partial charge < -0.3 is 5.32 Å². The van der Waals surface area contributed by atoms with Crippen LogP contribution in [0.3, 0.4) is 0 Å². The molecule has 0 aliphatic heterocycles. The van der Waals surface area contributed by atoms with Gasteiger partial charge in [0, 0.05) is 16.8 Å². The van der Waals surface area contributed by atoms with E-state index in [4.69, 9.17) is 0 Å². The molecule has 0 aliphatic rings. The van der Waals surface area contributed by atoms with Crippen LogP contribution in [0, 0.1) is 0 Å². The third-order valence-corrected chi connectivity index (χ3v) is 5.78. The predicted octanol–water partition coefficient (Wildman–Crippen LogP) is 7.99. The Morgan fingerprint density at radius 2 is 1.10 bits per heavy atom. The molecule has 0 aliphatic carbocycles. The summed E-state index contributed by atoms with van der Waals surface area (Å²) in [5.74, 6) is 0. The van der Waals surface area contributed by atoms with Crippen molar-refractivity contribution in [3.05, 3.63) is 109 Å². The Hall–Kier alpha value is -3.84. The Morgan fingerprint density at radius 3 is 1.90 bits per heavy atom. The quantitative estimate of drug-likeness (QED) is 0.312. The SMILES string of the molecule is c1ccc(-c2ccc(Nc3cc4cccc5ccc6cccc3c6c54)cc2)cc1.